The molecule has 1 heterocycles. The third-order valence-electron chi connectivity index (χ3n) is 7.43. The van der Waals surface area contributed by atoms with Gasteiger partial charge in [0.05, 0.1) is 12.2 Å². The van der Waals surface area contributed by atoms with Crippen molar-refractivity contribution in [2.45, 2.75) is 87.8 Å². The van der Waals surface area contributed by atoms with Gasteiger partial charge in [-0.2, -0.15) is 0 Å². The molecule has 0 amide bonds. The van der Waals surface area contributed by atoms with Gasteiger partial charge in [0.1, 0.15) is 29.8 Å². The van der Waals surface area contributed by atoms with Gasteiger partial charge in [-0.3, -0.25) is 0 Å². The van der Waals surface area contributed by atoms with Crippen LogP contribution in [0.3, 0.4) is 0 Å². The topological polar surface area (TPSA) is 127 Å². The smallest absolute Gasteiger partial charge is 0.348 e. The van der Waals surface area contributed by atoms with Crippen molar-refractivity contribution in [3.8, 4) is 0 Å². The molecule has 3 rings (SSSR count). The molecule has 1 saturated carbocycles. The van der Waals surface area contributed by atoms with Crippen molar-refractivity contribution >= 4 is 52.1 Å². The van der Waals surface area contributed by atoms with E-state index in [1.165, 1.54) is 11.3 Å². The maximum absolute atomic E-state index is 12.4. The number of ether oxygens (including phenoxy) is 1. The lowest BCUT2D eigenvalue weighted by molar-refractivity contribution is -0.116. The van der Waals surface area contributed by atoms with Gasteiger partial charge >= 0.3 is 5.97 Å². The Morgan fingerprint density at radius 3 is 2.33 bits per heavy atom. The number of alkyl halides is 1. The fourth-order valence-electron chi connectivity index (χ4n) is 5.19. The number of aliphatic hydroxyl groups excluding tert-OH is 5. The molecule has 1 aliphatic rings. The number of carbonyl (C=O) groups excluding carboxylic acids is 1. The first-order chi connectivity index (χ1) is 18.5. The predicted molar refractivity (Wildman–Crippen MR) is 154 cm³/mol. The monoisotopic (exact) mass is 622 g/mol. The van der Waals surface area contributed by atoms with Crippen molar-refractivity contribution in [1.29, 1.82) is 0 Å². The SMILES string of the molecule is CC[C@H](O)[C@H](O)[C@@H](O)[C@@H](O)COC(=O)c1ccc(CCC[C@@H]2[C@@H](CCc3cc(Cl)cc(Cl)c3)[C@H](O)C[C@H]2Cl)s1. The number of esters is 1. The van der Waals surface area contributed by atoms with Crippen molar-refractivity contribution in [3.05, 3.63) is 55.7 Å². The molecule has 0 unspecified atom stereocenters. The maximum Gasteiger partial charge on any atom is 0.348 e. The third kappa shape index (κ3) is 9.28. The number of aryl methyl sites for hydroxylation is 2. The van der Waals surface area contributed by atoms with Crippen LogP contribution in [0, 0.1) is 11.8 Å². The number of hydrogen-bond acceptors (Lipinski definition) is 8. The van der Waals surface area contributed by atoms with Gasteiger partial charge in [-0.1, -0.05) is 30.1 Å². The fraction of sp³-hybridized carbons (Fsp3) is 0.607. The van der Waals surface area contributed by atoms with E-state index in [0.29, 0.717) is 21.3 Å². The molecule has 5 N–H and O–H groups in total. The van der Waals surface area contributed by atoms with Crippen molar-refractivity contribution in [1.82, 2.24) is 0 Å². The zero-order valence-corrected chi connectivity index (χ0v) is 24.8. The van der Waals surface area contributed by atoms with Crippen LogP contribution in [0.4, 0.5) is 0 Å². The molecule has 8 atom stereocenters. The minimum atomic E-state index is -1.64. The number of carbonyl (C=O) groups is 1. The molecule has 1 aromatic carbocycles. The zero-order chi connectivity index (χ0) is 28.7. The van der Waals surface area contributed by atoms with Crippen LogP contribution in [0.25, 0.3) is 0 Å². The summed E-state index contributed by atoms with van der Waals surface area (Å²) in [6.07, 6.45) is -1.60. The standard InChI is InChI=1S/C28H37Cl3O7S/c1-2-22(32)26(35)27(36)24(34)14-38-28(37)25-9-7-18(39-25)4-3-5-19-20(23(33)13-21(19)31)8-6-15-10-16(29)12-17(30)11-15/h7,9-12,19-24,26-27,32-36H,2-6,8,13-14H2,1H3/t19-,20-,21-,22+,23-,24+,26+,27+/m1/s1. The summed E-state index contributed by atoms with van der Waals surface area (Å²) in [6.45, 7) is 1.12. The molecule has 0 bridgehead atoms. The molecular formula is C28H37Cl3O7S. The average molecular weight is 624 g/mol. The minimum Gasteiger partial charge on any atom is -0.459 e. The Morgan fingerprint density at radius 2 is 1.67 bits per heavy atom. The Bertz CT molecular complexity index is 1050. The first kappa shape index (κ1) is 32.6. The van der Waals surface area contributed by atoms with Crippen LogP contribution in [-0.4, -0.2) is 74.0 Å². The Morgan fingerprint density at radius 1 is 1.00 bits per heavy atom. The molecule has 0 aliphatic heterocycles. The fourth-order valence-corrected chi connectivity index (χ4v) is 7.20. The average Bonchev–Trinajstić information content (AvgIpc) is 3.47. The number of thiophene rings is 1. The number of halogens is 3. The van der Waals surface area contributed by atoms with Crippen LogP contribution in [0.1, 0.15) is 59.1 Å². The van der Waals surface area contributed by atoms with Gasteiger partial charge in [0.15, 0.2) is 0 Å². The van der Waals surface area contributed by atoms with E-state index in [-0.39, 0.29) is 23.6 Å². The summed E-state index contributed by atoms with van der Waals surface area (Å²) in [4.78, 5) is 13.8. The van der Waals surface area contributed by atoms with Gasteiger partial charge in [-0.25, -0.2) is 4.79 Å². The highest BCUT2D eigenvalue weighted by molar-refractivity contribution is 7.13. The van der Waals surface area contributed by atoms with Gasteiger partial charge < -0.3 is 30.3 Å². The van der Waals surface area contributed by atoms with Crippen LogP contribution in [-0.2, 0) is 17.6 Å². The summed E-state index contributed by atoms with van der Waals surface area (Å²) in [5.74, 6) is -0.378. The molecule has 11 heteroatoms. The number of hydrogen-bond donors (Lipinski definition) is 5. The van der Waals surface area contributed by atoms with Crippen LogP contribution >= 0.6 is 46.1 Å². The highest BCUT2D eigenvalue weighted by Gasteiger charge is 2.40. The molecule has 0 spiro atoms. The summed E-state index contributed by atoms with van der Waals surface area (Å²) in [5, 5.41) is 51.1. The Kier molecular flexibility index (Phi) is 12.8. The van der Waals surface area contributed by atoms with Crippen LogP contribution in [0.5, 0.6) is 0 Å². The van der Waals surface area contributed by atoms with E-state index < -0.39 is 43.1 Å². The third-order valence-corrected chi connectivity index (χ3v) is 9.49. The Balaban J connectivity index is 1.46. The molecule has 0 radical (unpaired) electrons. The Hall–Kier alpha value is -0.940. The summed E-state index contributed by atoms with van der Waals surface area (Å²) in [6, 6.07) is 9.00. The molecule has 7 nitrogen and oxygen atoms in total. The maximum atomic E-state index is 12.4. The largest absolute Gasteiger partial charge is 0.459 e. The Labute approximate surface area is 248 Å². The van der Waals surface area contributed by atoms with E-state index in [1.54, 1.807) is 19.1 Å². The quantitative estimate of drug-likeness (QED) is 0.153. The van der Waals surface area contributed by atoms with Crippen LogP contribution in [0.2, 0.25) is 10.0 Å². The lowest BCUT2D eigenvalue weighted by Crippen LogP contribution is -2.46. The van der Waals surface area contributed by atoms with Crippen LogP contribution in [0.15, 0.2) is 30.3 Å². The summed E-state index contributed by atoms with van der Waals surface area (Å²) in [7, 11) is 0. The first-order valence-corrected chi connectivity index (χ1v) is 15.3. The van der Waals surface area contributed by atoms with E-state index >= 15 is 0 Å². The molecule has 1 aliphatic carbocycles. The number of benzene rings is 1. The van der Waals surface area contributed by atoms with Gasteiger partial charge in [0.25, 0.3) is 0 Å². The first-order valence-electron chi connectivity index (χ1n) is 13.2. The van der Waals surface area contributed by atoms with Crippen molar-refractivity contribution in [3.63, 3.8) is 0 Å². The normalized spacial score (nSPS) is 24.3. The van der Waals surface area contributed by atoms with Crippen molar-refractivity contribution in [2.24, 2.45) is 11.8 Å². The number of aliphatic hydroxyl groups is 5. The second kappa shape index (κ2) is 15.3. The summed E-state index contributed by atoms with van der Waals surface area (Å²) < 4.78 is 5.10. The highest BCUT2D eigenvalue weighted by Crippen LogP contribution is 2.42. The molecule has 218 valence electrons. The van der Waals surface area contributed by atoms with E-state index in [1.807, 2.05) is 18.2 Å². The molecule has 1 fully saturated rings. The summed E-state index contributed by atoms with van der Waals surface area (Å²) >= 11 is 20.2. The van der Waals surface area contributed by atoms with Crippen molar-refractivity contribution in [2.75, 3.05) is 6.61 Å². The van der Waals surface area contributed by atoms with Crippen molar-refractivity contribution < 1.29 is 35.1 Å². The van der Waals surface area contributed by atoms with E-state index in [9.17, 15) is 30.3 Å². The second-order valence-electron chi connectivity index (χ2n) is 10.2. The van der Waals surface area contributed by atoms with Crippen LogP contribution < -0.4 is 0 Å². The second-order valence-corrected chi connectivity index (χ2v) is 12.8. The molecule has 1 aromatic heterocycles. The van der Waals surface area contributed by atoms with Gasteiger partial charge in [0, 0.05) is 20.3 Å². The number of rotatable bonds is 14. The van der Waals surface area contributed by atoms with E-state index in [0.717, 1.165) is 42.5 Å². The molecule has 2 aromatic rings. The zero-order valence-electron chi connectivity index (χ0n) is 21.8. The molecular weight excluding hydrogens is 587 g/mol. The molecule has 0 saturated heterocycles. The van der Waals surface area contributed by atoms with Gasteiger partial charge in [0.2, 0.25) is 0 Å². The lowest BCUT2D eigenvalue weighted by atomic mass is 9.85. The van der Waals surface area contributed by atoms with E-state index in [4.69, 9.17) is 39.5 Å². The predicted octanol–water partition coefficient (Wildman–Crippen LogP) is 4.63. The van der Waals surface area contributed by atoms with Gasteiger partial charge in [-0.05, 0) is 92.7 Å². The summed E-state index contributed by atoms with van der Waals surface area (Å²) in [5.41, 5.74) is 1.03. The minimum absolute atomic E-state index is 0.0814. The highest BCUT2D eigenvalue weighted by atomic mass is 35.5. The van der Waals surface area contributed by atoms with E-state index in [2.05, 4.69) is 0 Å². The van der Waals surface area contributed by atoms with Gasteiger partial charge in [-0.15, -0.1) is 22.9 Å². The lowest BCUT2D eigenvalue weighted by Gasteiger charge is -2.25. The molecule has 39 heavy (non-hydrogen) atoms.